The Hall–Kier alpha value is -1.43. The van der Waals surface area contributed by atoms with Crippen molar-refractivity contribution in [2.45, 2.75) is 52.1 Å². The molecule has 2 heterocycles. The van der Waals surface area contributed by atoms with Gasteiger partial charge < -0.3 is 14.7 Å². The van der Waals surface area contributed by atoms with Crippen molar-refractivity contribution in [1.29, 1.82) is 0 Å². The molecule has 2 atom stereocenters. The van der Waals surface area contributed by atoms with Crippen LogP contribution in [0.1, 0.15) is 62.6 Å². The lowest BCUT2D eigenvalue weighted by molar-refractivity contribution is 0.0712. The molecule has 1 fully saturated rings. The lowest BCUT2D eigenvalue weighted by Crippen LogP contribution is -2.36. The zero-order valence-corrected chi connectivity index (χ0v) is 12.7. The maximum absolute atomic E-state index is 12.3. The summed E-state index contributed by atoms with van der Waals surface area (Å²) in [6.45, 7) is 7.29. The molecule has 1 saturated heterocycles. The van der Waals surface area contributed by atoms with E-state index in [0.29, 0.717) is 11.8 Å². The molecule has 6 nitrogen and oxygen atoms in total. The van der Waals surface area contributed by atoms with Gasteiger partial charge in [-0.05, 0) is 38.6 Å². The minimum absolute atomic E-state index is 0.0995. The second-order valence-corrected chi connectivity index (χ2v) is 6.00. The minimum atomic E-state index is -0.175. The topological polar surface area (TPSA) is 71.3 Å². The first-order chi connectivity index (χ1) is 9.49. The van der Waals surface area contributed by atoms with Crippen LogP contribution in [0.2, 0.25) is 0 Å². The van der Waals surface area contributed by atoms with Crippen molar-refractivity contribution in [3.63, 3.8) is 0 Å². The number of rotatable bonds is 5. The molecule has 6 heteroatoms. The molecule has 0 spiro atoms. The molecule has 2 unspecified atom stereocenters. The van der Waals surface area contributed by atoms with Crippen molar-refractivity contribution in [2.24, 2.45) is 5.92 Å². The van der Waals surface area contributed by atoms with E-state index < -0.39 is 0 Å². The molecule has 0 radical (unpaired) electrons. The highest BCUT2D eigenvalue weighted by Crippen LogP contribution is 2.21. The normalized spacial score (nSPS) is 20.4. The van der Waals surface area contributed by atoms with Crippen LogP contribution in [-0.4, -0.2) is 40.6 Å². The molecule has 1 N–H and O–H groups in total. The Labute approximate surface area is 119 Å². The van der Waals surface area contributed by atoms with Gasteiger partial charge >= 0.3 is 0 Å². The maximum Gasteiger partial charge on any atom is 0.295 e. The van der Waals surface area contributed by atoms with E-state index in [4.69, 9.17) is 4.52 Å². The van der Waals surface area contributed by atoms with Crippen LogP contribution in [0.4, 0.5) is 0 Å². The molecule has 2 rings (SSSR count). The summed E-state index contributed by atoms with van der Waals surface area (Å²) in [4.78, 5) is 18.3. The fraction of sp³-hybridized carbons (Fsp3) is 0.786. The molecule has 0 aromatic carbocycles. The van der Waals surface area contributed by atoms with Gasteiger partial charge in [-0.3, -0.25) is 4.79 Å². The van der Waals surface area contributed by atoms with Crippen LogP contribution in [0.15, 0.2) is 4.52 Å². The molecule has 0 aliphatic carbocycles. The first-order valence-electron chi connectivity index (χ1n) is 7.33. The van der Waals surface area contributed by atoms with E-state index in [1.807, 2.05) is 6.92 Å². The van der Waals surface area contributed by atoms with E-state index in [1.165, 1.54) is 0 Å². The fourth-order valence-corrected chi connectivity index (χ4v) is 2.56. The summed E-state index contributed by atoms with van der Waals surface area (Å²) >= 11 is 0. The molecule has 1 aliphatic rings. The number of carbonyl (C=O) groups excluding carboxylic acids is 1. The minimum Gasteiger partial charge on any atom is -0.337 e. The monoisotopic (exact) mass is 280 g/mol. The predicted octanol–water partition coefficient (Wildman–Crippen LogP) is 2.00. The molecule has 1 aliphatic heterocycles. The largest absolute Gasteiger partial charge is 0.337 e. The van der Waals surface area contributed by atoms with Gasteiger partial charge in [0.1, 0.15) is 0 Å². The highest BCUT2D eigenvalue weighted by molar-refractivity contribution is 5.90. The number of amides is 1. The quantitative estimate of drug-likeness (QED) is 0.893. The van der Waals surface area contributed by atoms with E-state index in [0.717, 1.165) is 25.8 Å². The Morgan fingerprint density at radius 2 is 2.25 bits per heavy atom. The van der Waals surface area contributed by atoms with Crippen molar-refractivity contribution in [1.82, 2.24) is 20.4 Å². The van der Waals surface area contributed by atoms with Gasteiger partial charge in [0.05, 0.1) is 6.04 Å². The molecule has 112 valence electrons. The Balaban J connectivity index is 2.01. The Bertz CT molecular complexity index is 452. The van der Waals surface area contributed by atoms with Crippen molar-refractivity contribution in [3.8, 4) is 0 Å². The molecule has 1 amide bonds. The smallest absolute Gasteiger partial charge is 0.295 e. The van der Waals surface area contributed by atoms with Crippen molar-refractivity contribution in [2.75, 3.05) is 13.6 Å². The predicted molar refractivity (Wildman–Crippen MR) is 75.3 cm³/mol. The van der Waals surface area contributed by atoms with Crippen LogP contribution in [0, 0.1) is 5.92 Å². The van der Waals surface area contributed by atoms with E-state index in [9.17, 15) is 4.79 Å². The SMILES string of the molecule is CC(C)CC(C)N(C)C(=O)c1noc(C2CCCN2)n1. The molecular weight excluding hydrogens is 256 g/mol. The van der Waals surface area contributed by atoms with Gasteiger partial charge in [0, 0.05) is 13.1 Å². The van der Waals surface area contributed by atoms with E-state index >= 15 is 0 Å². The van der Waals surface area contributed by atoms with Crippen molar-refractivity contribution < 1.29 is 9.32 Å². The summed E-state index contributed by atoms with van der Waals surface area (Å²) in [6.07, 6.45) is 3.04. The second kappa shape index (κ2) is 6.35. The third-order valence-electron chi connectivity index (χ3n) is 3.79. The second-order valence-electron chi connectivity index (χ2n) is 6.00. The average Bonchev–Trinajstić information content (AvgIpc) is 3.06. The van der Waals surface area contributed by atoms with E-state index in [-0.39, 0.29) is 23.8 Å². The number of nitrogens with zero attached hydrogens (tertiary/aromatic N) is 3. The van der Waals surface area contributed by atoms with Crippen LogP contribution in [0.5, 0.6) is 0 Å². The number of nitrogens with one attached hydrogen (secondary N) is 1. The first kappa shape index (κ1) is 15.0. The third-order valence-corrected chi connectivity index (χ3v) is 3.79. The molecule has 0 saturated carbocycles. The summed E-state index contributed by atoms with van der Waals surface area (Å²) in [6, 6.07) is 0.261. The van der Waals surface area contributed by atoms with Gasteiger partial charge in [-0.2, -0.15) is 4.98 Å². The average molecular weight is 280 g/mol. The molecular formula is C14H24N4O2. The van der Waals surface area contributed by atoms with Gasteiger partial charge in [-0.15, -0.1) is 0 Å². The lowest BCUT2D eigenvalue weighted by atomic mass is 10.0. The van der Waals surface area contributed by atoms with Gasteiger partial charge in [0.15, 0.2) is 0 Å². The molecule has 1 aromatic heterocycles. The van der Waals surface area contributed by atoms with Gasteiger partial charge in [0.25, 0.3) is 11.7 Å². The number of aromatic nitrogens is 2. The van der Waals surface area contributed by atoms with Crippen LogP contribution in [0.3, 0.4) is 0 Å². The standard InChI is InChI=1S/C14H24N4O2/c1-9(2)8-10(3)18(4)14(19)12-16-13(20-17-12)11-6-5-7-15-11/h9-11,15H,5-8H2,1-4H3. The fourth-order valence-electron chi connectivity index (χ4n) is 2.56. The zero-order chi connectivity index (χ0) is 14.7. The molecule has 0 bridgehead atoms. The Kier molecular flexibility index (Phi) is 4.75. The zero-order valence-electron chi connectivity index (χ0n) is 12.7. The highest BCUT2D eigenvalue weighted by Gasteiger charge is 2.27. The molecule has 1 aromatic rings. The van der Waals surface area contributed by atoms with Gasteiger partial charge in [-0.1, -0.05) is 19.0 Å². The highest BCUT2D eigenvalue weighted by atomic mass is 16.5. The summed E-state index contributed by atoms with van der Waals surface area (Å²) in [5.74, 6) is 1.05. The van der Waals surface area contributed by atoms with Crippen molar-refractivity contribution in [3.05, 3.63) is 11.7 Å². The van der Waals surface area contributed by atoms with E-state index in [2.05, 4.69) is 29.3 Å². The number of carbonyl (C=O) groups is 1. The van der Waals surface area contributed by atoms with Crippen LogP contribution < -0.4 is 5.32 Å². The van der Waals surface area contributed by atoms with Crippen molar-refractivity contribution >= 4 is 5.91 Å². The number of hydrogen-bond acceptors (Lipinski definition) is 5. The molecule has 20 heavy (non-hydrogen) atoms. The third kappa shape index (κ3) is 3.36. The summed E-state index contributed by atoms with van der Waals surface area (Å²) in [5, 5.41) is 7.11. The Morgan fingerprint density at radius 3 is 2.85 bits per heavy atom. The number of hydrogen-bond donors (Lipinski definition) is 1. The lowest BCUT2D eigenvalue weighted by Gasteiger charge is -2.24. The first-order valence-corrected chi connectivity index (χ1v) is 7.33. The van der Waals surface area contributed by atoms with E-state index in [1.54, 1.807) is 11.9 Å². The Morgan fingerprint density at radius 1 is 1.50 bits per heavy atom. The summed E-state index contributed by atoms with van der Waals surface area (Å²) in [7, 11) is 1.79. The summed E-state index contributed by atoms with van der Waals surface area (Å²) in [5.41, 5.74) is 0. The van der Waals surface area contributed by atoms with Crippen LogP contribution in [0.25, 0.3) is 0 Å². The van der Waals surface area contributed by atoms with Gasteiger partial charge in [0.2, 0.25) is 5.89 Å². The van der Waals surface area contributed by atoms with Crippen LogP contribution >= 0.6 is 0 Å². The maximum atomic E-state index is 12.3. The van der Waals surface area contributed by atoms with Crippen LogP contribution in [-0.2, 0) is 0 Å². The van der Waals surface area contributed by atoms with Gasteiger partial charge in [-0.25, -0.2) is 0 Å². The summed E-state index contributed by atoms with van der Waals surface area (Å²) < 4.78 is 5.21.